The molecule has 0 bridgehead atoms. The molecule has 1 heterocycles. The van der Waals surface area contributed by atoms with Gasteiger partial charge in [0.05, 0.1) is 5.02 Å². The van der Waals surface area contributed by atoms with Crippen molar-refractivity contribution in [1.29, 1.82) is 0 Å². The summed E-state index contributed by atoms with van der Waals surface area (Å²) in [4.78, 5) is 8.24. The maximum absolute atomic E-state index is 5.94. The molecular formula is C11H11BrClN5. The number of nitrogens with two attached hydrogens (primary N) is 1. The van der Waals surface area contributed by atoms with Crippen LogP contribution in [0.1, 0.15) is 5.56 Å². The lowest BCUT2D eigenvalue weighted by Crippen LogP contribution is -2.11. The van der Waals surface area contributed by atoms with E-state index in [1.54, 1.807) is 12.3 Å². The summed E-state index contributed by atoms with van der Waals surface area (Å²) in [6.45, 7) is 1.91. The van der Waals surface area contributed by atoms with Crippen molar-refractivity contribution in [3.63, 3.8) is 0 Å². The van der Waals surface area contributed by atoms with Crippen molar-refractivity contribution < 1.29 is 0 Å². The van der Waals surface area contributed by atoms with Crippen molar-refractivity contribution in [1.82, 2.24) is 9.97 Å². The van der Waals surface area contributed by atoms with Gasteiger partial charge in [0.25, 0.3) is 0 Å². The summed E-state index contributed by atoms with van der Waals surface area (Å²) in [6.07, 6.45) is 1.69. The number of nitrogens with one attached hydrogen (secondary N) is 2. The highest BCUT2D eigenvalue weighted by atomic mass is 79.9. The number of anilines is 3. The van der Waals surface area contributed by atoms with Crippen LogP contribution in [-0.4, -0.2) is 9.97 Å². The van der Waals surface area contributed by atoms with Gasteiger partial charge in [-0.05, 0) is 41.1 Å². The van der Waals surface area contributed by atoms with Gasteiger partial charge in [0.1, 0.15) is 5.82 Å². The summed E-state index contributed by atoms with van der Waals surface area (Å²) < 4.78 is 0.818. The highest BCUT2D eigenvalue weighted by Gasteiger charge is 2.05. The van der Waals surface area contributed by atoms with Gasteiger partial charge >= 0.3 is 0 Å². The number of benzene rings is 1. The fraction of sp³-hybridized carbons (Fsp3) is 0.0909. The number of aromatic nitrogens is 2. The molecule has 0 amide bonds. The van der Waals surface area contributed by atoms with Crippen LogP contribution in [0, 0.1) is 6.92 Å². The highest BCUT2D eigenvalue weighted by Crippen LogP contribution is 2.27. The second kappa shape index (κ2) is 5.51. The van der Waals surface area contributed by atoms with Crippen LogP contribution in [0.4, 0.5) is 17.5 Å². The van der Waals surface area contributed by atoms with Crippen LogP contribution in [-0.2, 0) is 0 Å². The fourth-order valence-electron chi connectivity index (χ4n) is 1.35. The predicted molar refractivity (Wildman–Crippen MR) is 77.0 cm³/mol. The zero-order valence-electron chi connectivity index (χ0n) is 9.54. The zero-order valence-corrected chi connectivity index (χ0v) is 11.9. The maximum Gasteiger partial charge on any atom is 0.239 e. The van der Waals surface area contributed by atoms with Crippen LogP contribution in [0.15, 0.2) is 28.9 Å². The Kier molecular flexibility index (Phi) is 4.00. The van der Waals surface area contributed by atoms with Crippen molar-refractivity contribution in [2.75, 3.05) is 10.7 Å². The molecule has 0 spiro atoms. The second-order valence-corrected chi connectivity index (χ2v) is 4.88. The molecule has 1 aromatic carbocycles. The fourth-order valence-corrected chi connectivity index (χ4v) is 1.85. The SMILES string of the molecule is Cc1cnc(NN)nc1Nc1ccc(Cl)c(Br)c1. The molecule has 94 valence electrons. The molecule has 0 atom stereocenters. The van der Waals surface area contributed by atoms with Crippen LogP contribution >= 0.6 is 27.5 Å². The lowest BCUT2D eigenvalue weighted by atomic mass is 10.3. The van der Waals surface area contributed by atoms with E-state index in [-0.39, 0.29) is 0 Å². The van der Waals surface area contributed by atoms with E-state index < -0.39 is 0 Å². The van der Waals surface area contributed by atoms with Crippen molar-refractivity contribution >= 4 is 45.0 Å². The Hall–Kier alpha value is -1.37. The first-order valence-electron chi connectivity index (χ1n) is 5.12. The molecule has 0 unspecified atom stereocenters. The normalized spacial score (nSPS) is 10.2. The molecule has 0 radical (unpaired) electrons. The second-order valence-electron chi connectivity index (χ2n) is 3.62. The molecule has 2 aromatic rings. The summed E-state index contributed by atoms with van der Waals surface area (Å²) >= 11 is 9.30. The number of aryl methyl sites for hydroxylation is 1. The number of nitrogens with zero attached hydrogens (tertiary/aromatic N) is 2. The molecule has 18 heavy (non-hydrogen) atoms. The summed E-state index contributed by atoms with van der Waals surface area (Å²) in [6, 6.07) is 5.54. The average Bonchev–Trinajstić information content (AvgIpc) is 2.36. The third kappa shape index (κ3) is 2.90. The van der Waals surface area contributed by atoms with Gasteiger partial charge in [-0.3, -0.25) is 5.43 Å². The Labute approximate surface area is 118 Å². The van der Waals surface area contributed by atoms with Crippen molar-refractivity contribution in [2.24, 2.45) is 5.84 Å². The molecule has 7 heteroatoms. The standard InChI is InChI=1S/C11H11BrClN5/c1-6-5-15-11(18-14)17-10(6)16-7-2-3-9(13)8(12)4-7/h2-5H,14H2,1H3,(H2,15,16,17,18). The first kappa shape index (κ1) is 13.1. The summed E-state index contributed by atoms with van der Waals surface area (Å²) in [5, 5.41) is 3.84. The van der Waals surface area contributed by atoms with E-state index in [0.717, 1.165) is 15.7 Å². The zero-order chi connectivity index (χ0) is 13.1. The molecule has 5 nitrogen and oxygen atoms in total. The Morgan fingerprint density at radius 2 is 2.17 bits per heavy atom. The molecule has 1 aromatic heterocycles. The third-order valence-corrected chi connectivity index (χ3v) is 3.50. The number of nitrogen functional groups attached to an aromatic ring is 1. The number of hydrogen-bond acceptors (Lipinski definition) is 5. The molecule has 0 saturated carbocycles. The minimum atomic E-state index is 0.358. The van der Waals surface area contributed by atoms with E-state index in [1.807, 2.05) is 19.1 Å². The number of halogens is 2. The third-order valence-electron chi connectivity index (χ3n) is 2.28. The molecule has 0 fully saturated rings. The van der Waals surface area contributed by atoms with E-state index in [2.05, 4.69) is 36.6 Å². The number of hydrazine groups is 1. The number of rotatable bonds is 3. The smallest absolute Gasteiger partial charge is 0.239 e. The monoisotopic (exact) mass is 327 g/mol. The topological polar surface area (TPSA) is 75.9 Å². The molecule has 0 saturated heterocycles. The molecular weight excluding hydrogens is 318 g/mol. The molecule has 0 aliphatic heterocycles. The van der Waals surface area contributed by atoms with Gasteiger partial charge in [-0.1, -0.05) is 11.6 Å². The van der Waals surface area contributed by atoms with Crippen LogP contribution < -0.4 is 16.6 Å². The minimum absolute atomic E-state index is 0.358. The van der Waals surface area contributed by atoms with Gasteiger partial charge in [-0.2, -0.15) is 4.98 Å². The van der Waals surface area contributed by atoms with E-state index in [4.69, 9.17) is 17.4 Å². The van der Waals surface area contributed by atoms with Gasteiger partial charge in [0, 0.05) is 21.9 Å². The Morgan fingerprint density at radius 1 is 1.39 bits per heavy atom. The van der Waals surface area contributed by atoms with Crippen LogP contribution in [0.5, 0.6) is 0 Å². The Bertz CT molecular complexity index is 575. The average molecular weight is 329 g/mol. The largest absolute Gasteiger partial charge is 0.340 e. The van der Waals surface area contributed by atoms with E-state index >= 15 is 0 Å². The Morgan fingerprint density at radius 3 is 2.83 bits per heavy atom. The van der Waals surface area contributed by atoms with Gasteiger partial charge in [-0.25, -0.2) is 10.8 Å². The maximum atomic E-state index is 5.94. The first-order valence-corrected chi connectivity index (χ1v) is 6.29. The van der Waals surface area contributed by atoms with Crippen molar-refractivity contribution in [3.8, 4) is 0 Å². The molecule has 4 N–H and O–H groups in total. The molecule has 2 rings (SSSR count). The molecule has 0 aliphatic rings. The number of hydrogen-bond donors (Lipinski definition) is 3. The lowest BCUT2D eigenvalue weighted by molar-refractivity contribution is 1.09. The van der Waals surface area contributed by atoms with Crippen LogP contribution in [0.25, 0.3) is 0 Å². The van der Waals surface area contributed by atoms with Crippen molar-refractivity contribution in [3.05, 3.63) is 39.5 Å². The summed E-state index contributed by atoms with van der Waals surface area (Å²) in [5.41, 5.74) is 4.20. The van der Waals surface area contributed by atoms with Crippen molar-refractivity contribution in [2.45, 2.75) is 6.92 Å². The van der Waals surface area contributed by atoms with E-state index in [9.17, 15) is 0 Å². The van der Waals surface area contributed by atoms with Gasteiger partial charge in [-0.15, -0.1) is 0 Å². The minimum Gasteiger partial charge on any atom is -0.340 e. The van der Waals surface area contributed by atoms with E-state index in [1.165, 1.54) is 0 Å². The van der Waals surface area contributed by atoms with Gasteiger partial charge < -0.3 is 5.32 Å². The highest BCUT2D eigenvalue weighted by molar-refractivity contribution is 9.10. The van der Waals surface area contributed by atoms with Gasteiger partial charge in [0.15, 0.2) is 0 Å². The summed E-state index contributed by atoms with van der Waals surface area (Å²) in [5.74, 6) is 6.32. The quantitative estimate of drug-likeness (QED) is 0.596. The van der Waals surface area contributed by atoms with Gasteiger partial charge in [0.2, 0.25) is 5.95 Å². The predicted octanol–water partition coefficient (Wildman–Crippen LogP) is 3.23. The Balaban J connectivity index is 2.30. The van der Waals surface area contributed by atoms with Crippen LogP contribution in [0.3, 0.4) is 0 Å². The summed E-state index contributed by atoms with van der Waals surface area (Å²) in [7, 11) is 0. The first-order chi connectivity index (χ1) is 8.60. The molecule has 0 aliphatic carbocycles. The van der Waals surface area contributed by atoms with E-state index in [0.29, 0.717) is 16.8 Å². The lowest BCUT2D eigenvalue weighted by Gasteiger charge is -2.10. The van der Waals surface area contributed by atoms with Crippen LogP contribution in [0.2, 0.25) is 5.02 Å².